The second kappa shape index (κ2) is 8.23. The van der Waals surface area contributed by atoms with Crippen LogP contribution in [-0.4, -0.2) is 53.0 Å². The maximum absolute atomic E-state index is 11.7. The first-order chi connectivity index (χ1) is 13.6. The van der Waals surface area contributed by atoms with Gasteiger partial charge in [0.05, 0.1) is 6.61 Å². The zero-order valence-corrected chi connectivity index (χ0v) is 16.9. The van der Waals surface area contributed by atoms with Gasteiger partial charge in [-0.3, -0.25) is 4.90 Å². The van der Waals surface area contributed by atoms with E-state index < -0.39 is 5.60 Å². The first kappa shape index (κ1) is 19.4. The van der Waals surface area contributed by atoms with Gasteiger partial charge in [-0.2, -0.15) is 0 Å². The summed E-state index contributed by atoms with van der Waals surface area (Å²) in [6, 6.07) is 8.33. The van der Waals surface area contributed by atoms with Gasteiger partial charge in [0.2, 0.25) is 0 Å². The van der Waals surface area contributed by atoms with Gasteiger partial charge in [0.25, 0.3) is 0 Å². The Bertz CT molecular complexity index is 760. The largest absolute Gasteiger partial charge is 0.491 e. The Morgan fingerprint density at radius 2 is 1.86 bits per heavy atom. The summed E-state index contributed by atoms with van der Waals surface area (Å²) in [5.74, 6) is 2.18. The Hall–Kier alpha value is -1.89. The van der Waals surface area contributed by atoms with Crippen LogP contribution in [0.4, 0.5) is 0 Å². The summed E-state index contributed by atoms with van der Waals surface area (Å²) >= 11 is 0. The Kier molecular flexibility index (Phi) is 5.71. The number of rotatable bonds is 7. The SMILES string of the molecule is COCCOc1ccc(CN2CC3CCCC(C2)C3(O)c2nccn2C)cc1. The van der Waals surface area contributed by atoms with E-state index in [1.165, 1.54) is 12.0 Å². The highest BCUT2D eigenvalue weighted by atomic mass is 16.5. The molecule has 2 unspecified atom stereocenters. The molecule has 2 heterocycles. The number of hydrogen-bond acceptors (Lipinski definition) is 5. The zero-order valence-electron chi connectivity index (χ0n) is 16.9. The van der Waals surface area contributed by atoms with Crippen LogP contribution < -0.4 is 4.74 Å². The van der Waals surface area contributed by atoms with E-state index in [4.69, 9.17) is 9.47 Å². The zero-order chi connectivity index (χ0) is 19.6. The first-order valence-corrected chi connectivity index (χ1v) is 10.2. The highest BCUT2D eigenvalue weighted by Gasteiger charge is 2.53. The van der Waals surface area contributed by atoms with Crippen LogP contribution >= 0.6 is 0 Å². The Morgan fingerprint density at radius 1 is 1.14 bits per heavy atom. The number of methoxy groups -OCH3 is 1. The van der Waals surface area contributed by atoms with E-state index in [1.807, 2.05) is 29.9 Å². The van der Waals surface area contributed by atoms with Crippen LogP contribution in [0.3, 0.4) is 0 Å². The number of imidazole rings is 1. The first-order valence-electron chi connectivity index (χ1n) is 10.2. The average Bonchev–Trinajstić information content (AvgIpc) is 3.11. The number of benzene rings is 1. The molecule has 0 amide bonds. The molecule has 152 valence electrons. The van der Waals surface area contributed by atoms with Crippen molar-refractivity contribution in [2.75, 3.05) is 33.4 Å². The number of piperidine rings is 1. The second-order valence-electron chi connectivity index (χ2n) is 8.19. The molecular formula is C22H31N3O3. The number of ether oxygens (including phenoxy) is 2. The minimum atomic E-state index is -0.800. The van der Waals surface area contributed by atoms with Crippen LogP contribution in [0.1, 0.15) is 30.7 Å². The highest BCUT2D eigenvalue weighted by Crippen LogP contribution is 2.48. The molecule has 0 radical (unpaired) electrons. The third-order valence-electron chi connectivity index (χ3n) is 6.37. The van der Waals surface area contributed by atoms with Gasteiger partial charge in [0.15, 0.2) is 0 Å². The molecule has 1 aliphatic heterocycles. The summed E-state index contributed by atoms with van der Waals surface area (Å²) in [6.45, 7) is 3.88. The summed E-state index contributed by atoms with van der Waals surface area (Å²) in [4.78, 5) is 7.01. The number of aromatic nitrogens is 2. The fraction of sp³-hybridized carbons (Fsp3) is 0.591. The molecule has 6 nitrogen and oxygen atoms in total. The predicted molar refractivity (Wildman–Crippen MR) is 107 cm³/mol. The van der Waals surface area contributed by atoms with Crippen LogP contribution in [0.25, 0.3) is 0 Å². The number of aliphatic hydroxyl groups is 1. The third kappa shape index (κ3) is 3.69. The van der Waals surface area contributed by atoms with Crippen LogP contribution in [0.2, 0.25) is 0 Å². The van der Waals surface area contributed by atoms with Crippen molar-refractivity contribution in [1.82, 2.24) is 14.5 Å². The topological polar surface area (TPSA) is 59.8 Å². The molecule has 4 rings (SSSR count). The van der Waals surface area contributed by atoms with E-state index in [0.717, 1.165) is 44.0 Å². The average molecular weight is 386 g/mol. The fourth-order valence-electron chi connectivity index (χ4n) is 4.98. The molecule has 0 spiro atoms. The van der Waals surface area contributed by atoms with E-state index in [0.29, 0.717) is 13.2 Å². The van der Waals surface area contributed by atoms with Crippen LogP contribution in [0.15, 0.2) is 36.7 Å². The maximum Gasteiger partial charge on any atom is 0.141 e. The molecule has 6 heteroatoms. The van der Waals surface area contributed by atoms with Crippen molar-refractivity contribution >= 4 is 0 Å². The van der Waals surface area contributed by atoms with E-state index in [9.17, 15) is 5.11 Å². The molecule has 1 aromatic heterocycles. The van der Waals surface area contributed by atoms with Crippen molar-refractivity contribution in [3.05, 3.63) is 48.0 Å². The van der Waals surface area contributed by atoms with Gasteiger partial charge in [-0.15, -0.1) is 0 Å². The standard InChI is InChI=1S/C22H31N3O3/c1-24-11-10-23-21(24)22(26)18-4-3-5-19(22)16-25(15-18)14-17-6-8-20(9-7-17)28-13-12-27-2/h6-11,18-19,26H,3-5,12-16H2,1-2H3. The van der Waals surface area contributed by atoms with Crippen LogP contribution in [-0.2, 0) is 23.9 Å². The molecule has 1 aliphatic carbocycles. The summed E-state index contributed by atoms with van der Waals surface area (Å²) in [7, 11) is 3.66. The Labute approximate surface area is 167 Å². The molecular weight excluding hydrogens is 354 g/mol. The molecule has 28 heavy (non-hydrogen) atoms. The molecule has 1 N–H and O–H groups in total. The van der Waals surface area contributed by atoms with Gasteiger partial charge in [-0.05, 0) is 30.5 Å². The van der Waals surface area contributed by atoms with Gasteiger partial charge in [-0.25, -0.2) is 4.98 Å². The molecule has 1 saturated heterocycles. The monoisotopic (exact) mass is 385 g/mol. The van der Waals surface area contributed by atoms with Crippen molar-refractivity contribution < 1.29 is 14.6 Å². The van der Waals surface area contributed by atoms with Gasteiger partial charge in [0, 0.05) is 58.0 Å². The molecule has 1 saturated carbocycles. The van der Waals surface area contributed by atoms with Crippen LogP contribution in [0, 0.1) is 11.8 Å². The number of aryl methyl sites for hydroxylation is 1. The number of hydrogen-bond donors (Lipinski definition) is 1. The predicted octanol–water partition coefficient (Wildman–Crippen LogP) is 2.57. The minimum Gasteiger partial charge on any atom is -0.491 e. The molecule has 2 aromatic rings. The van der Waals surface area contributed by atoms with Crippen LogP contribution in [0.5, 0.6) is 5.75 Å². The second-order valence-corrected chi connectivity index (χ2v) is 8.19. The van der Waals surface area contributed by atoms with Crippen molar-refractivity contribution in [2.45, 2.75) is 31.4 Å². The Morgan fingerprint density at radius 3 is 2.46 bits per heavy atom. The lowest BCUT2D eigenvalue weighted by molar-refractivity contribution is -0.155. The van der Waals surface area contributed by atoms with E-state index in [2.05, 4.69) is 22.0 Å². The van der Waals surface area contributed by atoms with Crippen molar-refractivity contribution in [1.29, 1.82) is 0 Å². The van der Waals surface area contributed by atoms with Gasteiger partial charge in [-0.1, -0.05) is 18.6 Å². The molecule has 2 fully saturated rings. The quantitative estimate of drug-likeness (QED) is 0.743. The molecule has 2 atom stereocenters. The number of likely N-dealkylation sites (tertiary alicyclic amines) is 1. The van der Waals surface area contributed by atoms with E-state index in [1.54, 1.807) is 13.3 Å². The maximum atomic E-state index is 11.7. The van der Waals surface area contributed by atoms with E-state index in [-0.39, 0.29) is 11.8 Å². The lowest BCUT2D eigenvalue weighted by Gasteiger charge is -2.52. The molecule has 2 aliphatic rings. The molecule has 1 aromatic carbocycles. The van der Waals surface area contributed by atoms with Gasteiger partial charge >= 0.3 is 0 Å². The van der Waals surface area contributed by atoms with Crippen molar-refractivity contribution in [2.24, 2.45) is 18.9 Å². The van der Waals surface area contributed by atoms with Gasteiger partial charge < -0.3 is 19.1 Å². The van der Waals surface area contributed by atoms with Gasteiger partial charge in [0.1, 0.15) is 23.8 Å². The smallest absolute Gasteiger partial charge is 0.141 e. The number of nitrogens with zero attached hydrogens (tertiary/aromatic N) is 3. The minimum absolute atomic E-state index is 0.234. The summed E-state index contributed by atoms with van der Waals surface area (Å²) < 4.78 is 12.7. The summed E-state index contributed by atoms with van der Waals surface area (Å²) in [5.41, 5.74) is 0.478. The van der Waals surface area contributed by atoms with Crippen molar-refractivity contribution in [3.63, 3.8) is 0 Å². The van der Waals surface area contributed by atoms with E-state index >= 15 is 0 Å². The summed E-state index contributed by atoms with van der Waals surface area (Å²) in [5, 5.41) is 11.7. The number of fused-ring (bicyclic) bond motifs is 2. The normalized spacial score (nSPS) is 27.7. The Balaban J connectivity index is 1.43. The lowest BCUT2D eigenvalue weighted by atomic mass is 9.65. The fourth-order valence-corrected chi connectivity index (χ4v) is 4.98. The lowest BCUT2D eigenvalue weighted by Crippen LogP contribution is -2.58. The molecule has 2 bridgehead atoms. The summed E-state index contributed by atoms with van der Waals surface area (Å²) in [6.07, 6.45) is 7.05. The highest BCUT2D eigenvalue weighted by molar-refractivity contribution is 5.27. The third-order valence-corrected chi connectivity index (χ3v) is 6.37. The van der Waals surface area contributed by atoms with Crippen molar-refractivity contribution in [3.8, 4) is 5.75 Å².